The molecule has 2 atom stereocenters. The van der Waals surface area contributed by atoms with Crippen LogP contribution in [-0.2, 0) is 20.5 Å². The van der Waals surface area contributed by atoms with Crippen molar-refractivity contribution in [3.8, 4) is 0 Å². The molecule has 1 saturated heterocycles. The van der Waals surface area contributed by atoms with E-state index in [1.807, 2.05) is 37.4 Å². The minimum absolute atomic E-state index is 0.289. The van der Waals surface area contributed by atoms with Gasteiger partial charge in [-0.3, -0.25) is 9.59 Å². The van der Waals surface area contributed by atoms with Crippen molar-refractivity contribution < 1.29 is 18.9 Å². The van der Waals surface area contributed by atoms with Gasteiger partial charge in [0, 0.05) is 42.2 Å². The number of hydrogen-bond donors (Lipinski definition) is 2. The van der Waals surface area contributed by atoms with Crippen LogP contribution in [0.25, 0.3) is 0 Å². The second-order valence-electron chi connectivity index (χ2n) is 9.50. The minimum atomic E-state index is -0.805. The van der Waals surface area contributed by atoms with Gasteiger partial charge in [-0.1, -0.05) is 55.8 Å². The van der Waals surface area contributed by atoms with Crippen molar-refractivity contribution in [2.45, 2.75) is 38.7 Å². The maximum absolute atomic E-state index is 13.6. The number of benzene rings is 2. The second kappa shape index (κ2) is 14.1. The lowest BCUT2D eigenvalue weighted by atomic mass is 9.73. The Kier molecular flexibility index (Phi) is 11.3. The molecule has 0 radical (unpaired) electrons. The lowest BCUT2D eigenvalue weighted by Crippen LogP contribution is -2.57. The van der Waals surface area contributed by atoms with E-state index in [4.69, 9.17) is 20.9 Å². The highest BCUT2D eigenvalue weighted by Gasteiger charge is 2.35. The van der Waals surface area contributed by atoms with Crippen LogP contribution in [0.15, 0.2) is 53.0 Å². The zero-order valence-corrected chi connectivity index (χ0v) is 23.3. The molecule has 7 nitrogen and oxygen atoms in total. The summed E-state index contributed by atoms with van der Waals surface area (Å²) in [5, 5.41) is 6.48. The molecule has 2 aromatic carbocycles. The minimum Gasteiger partial charge on any atom is -0.408 e. The Balaban J connectivity index is 1.80. The first kappa shape index (κ1) is 28.7. The predicted octanol–water partition coefficient (Wildman–Crippen LogP) is 3.98. The first-order chi connectivity index (χ1) is 17.2. The molecule has 0 aromatic heterocycles. The van der Waals surface area contributed by atoms with E-state index in [0.29, 0.717) is 47.0 Å². The van der Waals surface area contributed by atoms with Gasteiger partial charge in [-0.2, -0.15) is 0 Å². The van der Waals surface area contributed by atoms with Gasteiger partial charge in [0.1, 0.15) is 6.04 Å². The third-order valence-corrected chi connectivity index (χ3v) is 6.90. The van der Waals surface area contributed by atoms with E-state index in [9.17, 15) is 9.59 Å². The predicted molar refractivity (Wildman–Crippen MR) is 147 cm³/mol. The Morgan fingerprint density at radius 3 is 2.39 bits per heavy atom. The van der Waals surface area contributed by atoms with Crippen LogP contribution in [0.3, 0.4) is 0 Å². The van der Waals surface area contributed by atoms with Crippen LogP contribution in [0.4, 0.5) is 0 Å². The fourth-order valence-corrected chi connectivity index (χ4v) is 4.64. The summed E-state index contributed by atoms with van der Waals surface area (Å²) in [4.78, 5) is 28.9. The van der Waals surface area contributed by atoms with Crippen molar-refractivity contribution in [2.24, 2.45) is 5.92 Å². The quantitative estimate of drug-likeness (QED) is 0.440. The largest absolute Gasteiger partial charge is 0.480 e. The fraction of sp³-hybridized carbons (Fsp3) is 0.462. The maximum Gasteiger partial charge on any atom is 0.480 e. The molecular formula is C26H34BBrClN3O4. The van der Waals surface area contributed by atoms with Crippen LogP contribution < -0.4 is 10.6 Å². The molecule has 1 unspecified atom stereocenters. The van der Waals surface area contributed by atoms with Gasteiger partial charge in [-0.05, 0) is 59.1 Å². The Morgan fingerprint density at radius 1 is 1.08 bits per heavy atom. The first-order valence-corrected chi connectivity index (χ1v) is 13.4. The Bertz CT molecular complexity index is 1000. The van der Waals surface area contributed by atoms with Crippen LogP contribution in [0.1, 0.15) is 36.2 Å². The summed E-state index contributed by atoms with van der Waals surface area (Å²) in [6, 6.07) is 13.8. The standard InChI is InChI=1S/C26H34BBrClN3O4/c1-18(2)15-24(27-35-13-11-32(3)12-14-36-27)31-26(34)23(16-19-7-5-4-6-8-19)30-25(33)21-17-20(29)9-10-22(21)28/h4-10,17-18,23-24H,11-16H2,1-3H3,(H,30,33)(H,31,34)/t23?,24-/m0/s1. The molecule has 2 aromatic rings. The fourth-order valence-electron chi connectivity index (χ4n) is 4.04. The van der Waals surface area contributed by atoms with Gasteiger partial charge in [0.2, 0.25) is 5.91 Å². The summed E-state index contributed by atoms with van der Waals surface area (Å²) in [5.74, 6) is -0.723. The molecular weight excluding hydrogens is 544 g/mol. The van der Waals surface area contributed by atoms with E-state index < -0.39 is 13.2 Å². The topological polar surface area (TPSA) is 79.9 Å². The summed E-state index contributed by atoms with van der Waals surface area (Å²) in [7, 11) is 1.47. The Morgan fingerprint density at radius 2 is 1.75 bits per heavy atom. The van der Waals surface area contributed by atoms with Gasteiger partial charge in [-0.15, -0.1) is 0 Å². The van der Waals surface area contributed by atoms with E-state index in [1.54, 1.807) is 18.2 Å². The van der Waals surface area contributed by atoms with Crippen molar-refractivity contribution in [1.29, 1.82) is 0 Å². The molecule has 36 heavy (non-hydrogen) atoms. The van der Waals surface area contributed by atoms with Gasteiger partial charge < -0.3 is 24.8 Å². The molecule has 1 aliphatic rings. The summed E-state index contributed by atoms with van der Waals surface area (Å²) >= 11 is 9.52. The van der Waals surface area contributed by atoms with Crippen molar-refractivity contribution >= 4 is 46.5 Å². The highest BCUT2D eigenvalue weighted by atomic mass is 79.9. The number of rotatable bonds is 9. The van der Waals surface area contributed by atoms with Crippen molar-refractivity contribution in [1.82, 2.24) is 15.5 Å². The molecule has 1 fully saturated rings. The van der Waals surface area contributed by atoms with E-state index in [-0.39, 0.29) is 17.8 Å². The van der Waals surface area contributed by atoms with Crippen LogP contribution in [-0.4, -0.2) is 69.2 Å². The molecule has 10 heteroatoms. The molecule has 1 heterocycles. The first-order valence-electron chi connectivity index (χ1n) is 12.2. The zero-order chi connectivity index (χ0) is 26.1. The normalized spacial score (nSPS) is 16.7. The highest BCUT2D eigenvalue weighted by molar-refractivity contribution is 9.10. The smallest absolute Gasteiger partial charge is 0.408 e. The maximum atomic E-state index is 13.6. The SMILES string of the molecule is CC(C)C[C@H](NC(=O)C(Cc1ccccc1)NC(=O)c1cc(Cl)ccc1Br)B1OCCN(C)CCO1. The summed E-state index contributed by atoms with van der Waals surface area (Å²) in [6.07, 6.45) is 1.01. The van der Waals surface area contributed by atoms with Gasteiger partial charge in [-0.25, -0.2) is 0 Å². The average molecular weight is 579 g/mol. The van der Waals surface area contributed by atoms with E-state index in [2.05, 4.69) is 45.3 Å². The molecule has 0 saturated carbocycles. The highest BCUT2D eigenvalue weighted by Crippen LogP contribution is 2.21. The van der Waals surface area contributed by atoms with Crippen LogP contribution >= 0.6 is 27.5 Å². The number of hydrogen-bond acceptors (Lipinski definition) is 5. The van der Waals surface area contributed by atoms with Crippen LogP contribution in [0, 0.1) is 5.92 Å². The number of carbonyl (C=O) groups excluding carboxylic acids is 2. The monoisotopic (exact) mass is 577 g/mol. The Hall–Kier alpha value is -1.91. The van der Waals surface area contributed by atoms with Gasteiger partial charge in [0.15, 0.2) is 0 Å². The molecule has 194 valence electrons. The molecule has 1 aliphatic heterocycles. The van der Waals surface area contributed by atoms with Crippen molar-refractivity contribution in [3.63, 3.8) is 0 Å². The number of nitrogens with one attached hydrogen (secondary N) is 2. The van der Waals surface area contributed by atoms with Gasteiger partial charge >= 0.3 is 7.12 Å². The molecule has 2 N–H and O–H groups in total. The molecule has 0 bridgehead atoms. The number of carbonyl (C=O) groups is 2. The number of nitrogens with zero attached hydrogens (tertiary/aromatic N) is 1. The van der Waals surface area contributed by atoms with Gasteiger partial charge in [0.25, 0.3) is 5.91 Å². The zero-order valence-electron chi connectivity index (χ0n) is 21.0. The van der Waals surface area contributed by atoms with Gasteiger partial charge in [0.05, 0.1) is 11.5 Å². The lowest BCUT2D eigenvalue weighted by Gasteiger charge is -2.31. The van der Waals surface area contributed by atoms with Crippen LogP contribution in [0.5, 0.6) is 0 Å². The lowest BCUT2D eigenvalue weighted by molar-refractivity contribution is -0.123. The summed E-state index contributed by atoms with van der Waals surface area (Å²) in [6.45, 7) is 6.80. The summed E-state index contributed by atoms with van der Waals surface area (Å²) in [5.41, 5.74) is 1.30. The summed E-state index contributed by atoms with van der Waals surface area (Å²) < 4.78 is 12.6. The second-order valence-corrected chi connectivity index (χ2v) is 10.8. The molecule has 2 amide bonds. The number of halogens is 2. The molecule has 0 spiro atoms. The molecule has 3 rings (SSSR count). The molecule has 0 aliphatic carbocycles. The van der Waals surface area contributed by atoms with E-state index in [1.165, 1.54) is 0 Å². The third kappa shape index (κ3) is 8.89. The average Bonchev–Trinajstić information content (AvgIpc) is 2.82. The van der Waals surface area contributed by atoms with E-state index >= 15 is 0 Å². The number of amides is 2. The number of likely N-dealkylation sites (N-methyl/N-ethyl adjacent to an activating group) is 1. The van der Waals surface area contributed by atoms with Crippen molar-refractivity contribution in [2.75, 3.05) is 33.4 Å². The third-order valence-electron chi connectivity index (χ3n) is 5.97. The van der Waals surface area contributed by atoms with Crippen LogP contribution in [0.2, 0.25) is 5.02 Å². The Labute approximate surface area is 227 Å². The van der Waals surface area contributed by atoms with E-state index in [0.717, 1.165) is 18.7 Å². The van der Waals surface area contributed by atoms with Crippen molar-refractivity contribution in [3.05, 3.63) is 69.2 Å².